The fourth-order valence-electron chi connectivity index (χ4n) is 8.22. The molecule has 12 nitrogen and oxygen atoms in total. The van der Waals surface area contributed by atoms with Gasteiger partial charge in [0.25, 0.3) is 0 Å². The summed E-state index contributed by atoms with van der Waals surface area (Å²) in [6, 6.07) is 7.23. The lowest BCUT2D eigenvalue weighted by Gasteiger charge is -2.40. The van der Waals surface area contributed by atoms with Gasteiger partial charge in [-0.1, -0.05) is 50.8 Å². The highest BCUT2D eigenvalue weighted by Crippen LogP contribution is 2.28. The summed E-state index contributed by atoms with van der Waals surface area (Å²) in [5.74, 6) is -1.33. The molecule has 3 fully saturated rings. The molecule has 1 N–H and O–H groups in total. The Kier molecular flexibility index (Phi) is 16.2. The number of carbonyl (C=O) groups is 4. The second-order valence-corrected chi connectivity index (χ2v) is 15.9. The minimum Gasteiger partial charge on any atom is -0.442 e. The predicted molar refractivity (Wildman–Crippen MR) is 214 cm³/mol. The molecule has 0 radical (unpaired) electrons. The number of aldehydes is 2. The Bertz CT molecular complexity index is 1630. The van der Waals surface area contributed by atoms with Crippen LogP contribution in [0.5, 0.6) is 0 Å². The smallest absolute Gasteiger partial charge is 0.410 e. The molecule has 3 heterocycles. The summed E-state index contributed by atoms with van der Waals surface area (Å²) < 4.78 is 22.7. The number of aromatic nitrogens is 2. The maximum atomic E-state index is 15.0. The highest BCUT2D eigenvalue weighted by molar-refractivity contribution is 5.76. The number of nitrogens with zero attached hydrogens (tertiary/aromatic N) is 6. The largest absolute Gasteiger partial charge is 0.442 e. The number of benzene rings is 1. The van der Waals surface area contributed by atoms with Gasteiger partial charge >= 0.3 is 6.09 Å². The van der Waals surface area contributed by atoms with E-state index in [-0.39, 0.29) is 42.6 Å². The molecule has 1 aromatic carbocycles. The van der Waals surface area contributed by atoms with Crippen molar-refractivity contribution in [2.75, 3.05) is 57.3 Å². The average molecular weight is 777 g/mol. The SMILES string of the molecule is C/C(=C\c1cc(F)cc(N2CCN(C(=O)Cn3cccn3)CC2)c1)[C@@H](C=O)[C@@H](C)/C=C/[C@H](OC(=O)N1CCN(C2CCCCC2)CC1)[C@@H](C)CC[C@@H](O)CC=O. The van der Waals surface area contributed by atoms with Gasteiger partial charge in [0.2, 0.25) is 5.91 Å². The fourth-order valence-corrected chi connectivity index (χ4v) is 8.22. The maximum Gasteiger partial charge on any atom is 0.410 e. The minimum absolute atomic E-state index is 0.00893. The van der Waals surface area contributed by atoms with Crippen molar-refractivity contribution >= 4 is 36.3 Å². The minimum atomic E-state index is -0.760. The van der Waals surface area contributed by atoms with Crippen LogP contribution in [0.3, 0.4) is 0 Å². The molecular weight excluding hydrogens is 716 g/mol. The van der Waals surface area contributed by atoms with E-state index < -0.39 is 18.1 Å². The number of aliphatic hydroxyl groups excluding tert-OH is 1. The normalized spacial score (nSPS) is 20.4. The first-order valence-electron chi connectivity index (χ1n) is 20.5. The Balaban J connectivity index is 1.21. The zero-order chi connectivity index (χ0) is 40.0. The molecule has 56 heavy (non-hydrogen) atoms. The summed E-state index contributed by atoms with van der Waals surface area (Å²) in [6.45, 7) is 11.0. The van der Waals surface area contributed by atoms with E-state index >= 15 is 0 Å². The molecule has 2 saturated heterocycles. The number of halogens is 1. The standard InChI is InChI=1S/C43H61FN6O6/c1-32(11-13-41(33(2)10-12-39(53)14-25-51)56-43(55)49-23-19-46(20-24-49)37-8-5-4-6-9-37)40(31-52)34(3)26-35-27-36(44)29-38(28-35)47-17-21-48(22-18-47)42(54)30-50-16-7-15-45-50/h7,11,13,15-16,25-29,31-33,37,39-41,53H,4-6,8-10,12,14,17-24,30H2,1-3H3/b13-11+,34-26+/t32-,33-,39+,40-,41-/m0/s1. The maximum absolute atomic E-state index is 15.0. The van der Waals surface area contributed by atoms with Crippen LogP contribution in [-0.4, -0.2) is 125 Å². The van der Waals surface area contributed by atoms with Crippen molar-refractivity contribution in [3.63, 3.8) is 0 Å². The van der Waals surface area contributed by atoms with Gasteiger partial charge in [-0.2, -0.15) is 5.10 Å². The summed E-state index contributed by atoms with van der Waals surface area (Å²) in [6.07, 6.45) is 16.1. The van der Waals surface area contributed by atoms with Gasteiger partial charge in [0.1, 0.15) is 31.0 Å². The molecule has 5 rings (SSSR count). The Morgan fingerprint density at radius 2 is 1.66 bits per heavy atom. The molecule has 1 aliphatic carbocycles. The Hall–Kier alpha value is -4.36. The number of carbonyl (C=O) groups excluding carboxylic acids is 4. The van der Waals surface area contributed by atoms with E-state index in [9.17, 15) is 28.7 Å². The quantitative estimate of drug-likeness (QED) is 0.161. The van der Waals surface area contributed by atoms with Crippen LogP contribution < -0.4 is 4.90 Å². The number of ether oxygens (including phenoxy) is 1. The third-order valence-electron chi connectivity index (χ3n) is 11.8. The summed E-state index contributed by atoms with van der Waals surface area (Å²) >= 11 is 0. The molecule has 13 heteroatoms. The van der Waals surface area contributed by atoms with E-state index in [1.165, 1.54) is 44.2 Å². The fraction of sp³-hybridized carbons (Fsp3) is 0.605. The van der Waals surface area contributed by atoms with Crippen LogP contribution in [0.1, 0.15) is 77.7 Å². The predicted octanol–water partition coefficient (Wildman–Crippen LogP) is 5.60. The first-order valence-corrected chi connectivity index (χ1v) is 20.5. The van der Waals surface area contributed by atoms with Gasteiger partial charge in [0.15, 0.2) is 0 Å². The molecule has 0 bridgehead atoms. The Morgan fingerprint density at radius 1 is 0.946 bits per heavy atom. The molecule has 2 aliphatic heterocycles. The summed E-state index contributed by atoms with van der Waals surface area (Å²) in [7, 11) is 0. The molecule has 3 aliphatic rings. The molecule has 1 saturated carbocycles. The third-order valence-corrected chi connectivity index (χ3v) is 11.8. The lowest BCUT2D eigenvalue weighted by atomic mass is 9.86. The van der Waals surface area contributed by atoms with Gasteiger partial charge in [0.05, 0.1) is 6.10 Å². The van der Waals surface area contributed by atoms with Gasteiger partial charge in [-0.15, -0.1) is 0 Å². The summed E-state index contributed by atoms with van der Waals surface area (Å²) in [5, 5.41) is 14.3. The molecule has 0 unspecified atom stereocenters. The zero-order valence-corrected chi connectivity index (χ0v) is 33.4. The average Bonchev–Trinajstić information content (AvgIpc) is 3.72. The number of allylic oxidation sites excluding steroid dienone is 2. The van der Waals surface area contributed by atoms with Crippen molar-refractivity contribution in [3.05, 3.63) is 65.8 Å². The molecule has 306 valence electrons. The molecular formula is C43H61FN6O6. The third kappa shape index (κ3) is 12.3. The highest BCUT2D eigenvalue weighted by atomic mass is 19.1. The topological polar surface area (TPSA) is 129 Å². The molecule has 5 atom stereocenters. The number of amides is 2. The van der Waals surface area contributed by atoms with Gasteiger partial charge in [-0.05, 0) is 80.3 Å². The van der Waals surface area contributed by atoms with Crippen molar-refractivity contribution in [3.8, 4) is 0 Å². The van der Waals surface area contributed by atoms with Crippen molar-refractivity contribution in [2.24, 2.45) is 17.8 Å². The van der Waals surface area contributed by atoms with E-state index in [4.69, 9.17) is 4.74 Å². The second-order valence-electron chi connectivity index (χ2n) is 15.9. The molecule has 2 amide bonds. The molecule has 0 spiro atoms. The number of hydrogen-bond donors (Lipinski definition) is 1. The number of hydrogen-bond acceptors (Lipinski definition) is 9. The zero-order valence-electron chi connectivity index (χ0n) is 33.4. The number of rotatable bonds is 17. The van der Waals surface area contributed by atoms with Crippen molar-refractivity contribution in [1.82, 2.24) is 24.5 Å². The lowest BCUT2D eigenvalue weighted by molar-refractivity contribution is -0.132. The number of piperazine rings is 2. The van der Waals surface area contributed by atoms with Crippen molar-refractivity contribution in [1.29, 1.82) is 0 Å². The van der Waals surface area contributed by atoms with Crippen LogP contribution in [0.2, 0.25) is 0 Å². The van der Waals surface area contributed by atoms with Gasteiger partial charge in [-0.3, -0.25) is 14.4 Å². The van der Waals surface area contributed by atoms with E-state index in [0.717, 1.165) is 24.9 Å². The first-order chi connectivity index (χ1) is 27.0. The van der Waals surface area contributed by atoms with Crippen LogP contribution in [0.4, 0.5) is 14.9 Å². The van der Waals surface area contributed by atoms with Crippen LogP contribution in [-0.2, 0) is 25.7 Å². The highest BCUT2D eigenvalue weighted by Gasteiger charge is 2.30. The van der Waals surface area contributed by atoms with Crippen LogP contribution in [0.15, 0.2) is 54.4 Å². The second kappa shape index (κ2) is 21.2. The van der Waals surface area contributed by atoms with Gasteiger partial charge < -0.3 is 34.1 Å². The summed E-state index contributed by atoms with van der Waals surface area (Å²) in [5.41, 5.74) is 2.11. The van der Waals surface area contributed by atoms with E-state index in [0.29, 0.717) is 75.7 Å². The van der Waals surface area contributed by atoms with E-state index in [1.54, 1.807) is 32.9 Å². The number of anilines is 1. The van der Waals surface area contributed by atoms with Gasteiger partial charge in [-0.25, -0.2) is 9.18 Å². The summed E-state index contributed by atoms with van der Waals surface area (Å²) in [4.78, 5) is 57.9. The van der Waals surface area contributed by atoms with Crippen LogP contribution in [0, 0.1) is 23.6 Å². The molecule has 1 aromatic heterocycles. The van der Waals surface area contributed by atoms with Crippen molar-refractivity contribution < 1.29 is 33.4 Å². The lowest BCUT2D eigenvalue weighted by Crippen LogP contribution is -2.52. The van der Waals surface area contributed by atoms with E-state index in [1.807, 2.05) is 45.1 Å². The number of aliphatic hydroxyl groups is 1. The van der Waals surface area contributed by atoms with E-state index in [2.05, 4.69) is 14.9 Å². The van der Waals surface area contributed by atoms with Crippen LogP contribution in [0.25, 0.3) is 6.08 Å². The van der Waals surface area contributed by atoms with Crippen LogP contribution >= 0.6 is 0 Å². The van der Waals surface area contributed by atoms with Crippen molar-refractivity contribution in [2.45, 2.75) is 96.9 Å². The monoisotopic (exact) mass is 776 g/mol. The Labute approximate surface area is 331 Å². The Morgan fingerprint density at radius 3 is 2.32 bits per heavy atom. The first kappa shape index (κ1) is 42.8. The molecule has 2 aromatic rings. The van der Waals surface area contributed by atoms with Gasteiger partial charge in [0, 0.05) is 88.8 Å².